The van der Waals surface area contributed by atoms with Gasteiger partial charge in [-0.1, -0.05) is 42.0 Å². The van der Waals surface area contributed by atoms with Crippen LogP contribution in [0.4, 0.5) is 10.5 Å². The molecule has 0 aromatic heterocycles. The predicted octanol–water partition coefficient (Wildman–Crippen LogP) is 4.18. The molecule has 170 valence electrons. The highest BCUT2D eigenvalue weighted by Gasteiger charge is 2.15. The summed E-state index contributed by atoms with van der Waals surface area (Å²) in [7, 11) is 0. The molecule has 2 aromatic carbocycles. The molecule has 32 heavy (non-hydrogen) atoms. The predicted molar refractivity (Wildman–Crippen MR) is 126 cm³/mol. The first-order chi connectivity index (χ1) is 15.1. The van der Waals surface area contributed by atoms with E-state index in [9.17, 15) is 14.4 Å². The highest BCUT2D eigenvalue weighted by molar-refractivity contribution is 5.92. The Morgan fingerprint density at radius 1 is 1.00 bits per heavy atom. The van der Waals surface area contributed by atoms with Crippen molar-refractivity contribution in [3.8, 4) is 0 Å². The summed E-state index contributed by atoms with van der Waals surface area (Å²) < 4.78 is 5.13. The van der Waals surface area contributed by atoms with Crippen LogP contribution in [0.15, 0.2) is 54.6 Å². The Labute approximate surface area is 189 Å². The minimum absolute atomic E-state index is 0.115. The van der Waals surface area contributed by atoms with Crippen LogP contribution in [0.1, 0.15) is 43.9 Å². The normalized spacial score (nSPS) is 11.1. The Kier molecular flexibility index (Phi) is 9.01. The number of anilines is 1. The number of amides is 3. The SMILES string of the molecule is Cc1ccc(/C=C/C(=O)NCc2cccc(NC(=O)CCNC(=O)OC(C)(C)C)c2)cc1. The number of hydrogen-bond acceptors (Lipinski definition) is 4. The molecule has 0 heterocycles. The quantitative estimate of drug-likeness (QED) is 0.540. The van der Waals surface area contributed by atoms with Gasteiger partial charge in [-0.05, 0) is 57.0 Å². The standard InChI is InChI=1S/C25H31N3O4/c1-18-8-10-19(11-9-18)12-13-22(29)27-17-20-6-5-7-21(16-20)28-23(30)14-15-26-24(31)32-25(2,3)4/h5-13,16H,14-15,17H2,1-4H3,(H,26,31)(H,27,29)(H,28,30)/b13-12+. The highest BCUT2D eigenvalue weighted by Crippen LogP contribution is 2.11. The molecule has 2 rings (SSSR count). The monoisotopic (exact) mass is 437 g/mol. The molecule has 0 spiro atoms. The zero-order valence-corrected chi connectivity index (χ0v) is 19.0. The number of alkyl carbamates (subject to hydrolysis) is 1. The fraction of sp³-hybridized carbons (Fsp3) is 0.320. The van der Waals surface area contributed by atoms with Crippen molar-refractivity contribution < 1.29 is 19.1 Å². The van der Waals surface area contributed by atoms with Crippen LogP contribution in [0, 0.1) is 6.92 Å². The van der Waals surface area contributed by atoms with Crippen LogP contribution in [0.5, 0.6) is 0 Å². The van der Waals surface area contributed by atoms with Crippen molar-refractivity contribution in [2.45, 2.75) is 46.3 Å². The van der Waals surface area contributed by atoms with Crippen molar-refractivity contribution >= 4 is 29.7 Å². The summed E-state index contributed by atoms with van der Waals surface area (Å²) in [5.74, 6) is -0.434. The number of nitrogens with one attached hydrogen (secondary N) is 3. The van der Waals surface area contributed by atoms with Crippen molar-refractivity contribution in [2.75, 3.05) is 11.9 Å². The molecule has 0 unspecified atom stereocenters. The van der Waals surface area contributed by atoms with Gasteiger partial charge in [0.1, 0.15) is 5.60 Å². The lowest BCUT2D eigenvalue weighted by atomic mass is 10.1. The molecule has 7 heteroatoms. The lowest BCUT2D eigenvalue weighted by Gasteiger charge is -2.19. The average Bonchev–Trinajstić information content (AvgIpc) is 2.71. The molecule has 3 N–H and O–H groups in total. The van der Waals surface area contributed by atoms with Gasteiger partial charge in [-0.3, -0.25) is 9.59 Å². The maximum absolute atomic E-state index is 12.1. The molecule has 2 aromatic rings. The minimum Gasteiger partial charge on any atom is -0.444 e. The molecular formula is C25H31N3O4. The number of carbonyl (C=O) groups excluding carboxylic acids is 3. The van der Waals surface area contributed by atoms with E-state index in [-0.39, 0.29) is 24.8 Å². The first-order valence-electron chi connectivity index (χ1n) is 10.5. The van der Waals surface area contributed by atoms with Crippen LogP contribution in [0.2, 0.25) is 0 Å². The molecule has 0 atom stereocenters. The van der Waals surface area contributed by atoms with E-state index in [2.05, 4.69) is 16.0 Å². The second kappa shape index (κ2) is 11.7. The summed E-state index contributed by atoms with van der Waals surface area (Å²) >= 11 is 0. The molecular weight excluding hydrogens is 406 g/mol. The van der Waals surface area contributed by atoms with Crippen molar-refractivity contribution in [1.29, 1.82) is 0 Å². The molecule has 0 aliphatic rings. The Morgan fingerprint density at radius 3 is 2.41 bits per heavy atom. The summed E-state index contributed by atoms with van der Waals surface area (Å²) in [4.78, 5) is 35.8. The van der Waals surface area contributed by atoms with Gasteiger partial charge in [0.25, 0.3) is 0 Å². The minimum atomic E-state index is -0.585. The molecule has 0 aliphatic carbocycles. The number of ether oxygens (including phenoxy) is 1. The Bertz CT molecular complexity index is 960. The van der Waals surface area contributed by atoms with Crippen LogP contribution < -0.4 is 16.0 Å². The fourth-order valence-corrected chi connectivity index (χ4v) is 2.67. The van der Waals surface area contributed by atoms with Crippen LogP contribution in [-0.2, 0) is 20.9 Å². The molecule has 0 aliphatic heterocycles. The Balaban J connectivity index is 1.76. The Hall–Kier alpha value is -3.61. The molecule has 0 saturated carbocycles. The van der Waals surface area contributed by atoms with Gasteiger partial charge in [-0.2, -0.15) is 0 Å². The van der Waals surface area contributed by atoms with Gasteiger partial charge in [-0.25, -0.2) is 4.79 Å². The maximum Gasteiger partial charge on any atom is 0.407 e. The van der Waals surface area contributed by atoms with Crippen molar-refractivity contribution in [3.05, 3.63) is 71.3 Å². The Morgan fingerprint density at radius 2 is 1.72 bits per heavy atom. The second-order valence-electron chi connectivity index (χ2n) is 8.39. The summed E-state index contributed by atoms with van der Waals surface area (Å²) in [5.41, 5.74) is 3.01. The summed E-state index contributed by atoms with van der Waals surface area (Å²) in [6.07, 6.45) is 2.81. The van der Waals surface area contributed by atoms with Crippen molar-refractivity contribution in [3.63, 3.8) is 0 Å². The first kappa shape index (κ1) is 24.7. The van der Waals surface area contributed by atoms with Crippen molar-refractivity contribution in [1.82, 2.24) is 10.6 Å². The summed E-state index contributed by atoms with van der Waals surface area (Å²) in [6, 6.07) is 15.1. The number of hydrogen-bond donors (Lipinski definition) is 3. The van der Waals surface area contributed by atoms with Gasteiger partial charge in [0.05, 0.1) is 0 Å². The number of rotatable bonds is 8. The van der Waals surface area contributed by atoms with Crippen LogP contribution in [0.25, 0.3) is 6.08 Å². The zero-order valence-electron chi connectivity index (χ0n) is 19.0. The molecule has 0 fully saturated rings. The van der Waals surface area contributed by atoms with Gasteiger partial charge in [0, 0.05) is 31.3 Å². The van der Waals surface area contributed by atoms with E-state index in [1.54, 1.807) is 45.0 Å². The van der Waals surface area contributed by atoms with Gasteiger partial charge in [0.15, 0.2) is 0 Å². The first-order valence-corrected chi connectivity index (χ1v) is 10.5. The maximum atomic E-state index is 12.1. The zero-order chi connectivity index (χ0) is 23.6. The molecule has 7 nitrogen and oxygen atoms in total. The van der Waals surface area contributed by atoms with E-state index >= 15 is 0 Å². The van der Waals surface area contributed by atoms with Gasteiger partial charge in [-0.15, -0.1) is 0 Å². The number of carbonyl (C=O) groups is 3. The van der Waals surface area contributed by atoms with Gasteiger partial charge >= 0.3 is 6.09 Å². The summed E-state index contributed by atoms with van der Waals surface area (Å²) in [5, 5.41) is 8.16. The van der Waals surface area contributed by atoms with E-state index in [4.69, 9.17) is 4.74 Å². The third-order valence-electron chi connectivity index (χ3n) is 4.20. The topological polar surface area (TPSA) is 96.5 Å². The average molecular weight is 438 g/mol. The molecule has 3 amide bonds. The number of benzene rings is 2. The van der Waals surface area contributed by atoms with E-state index in [0.717, 1.165) is 16.7 Å². The highest BCUT2D eigenvalue weighted by atomic mass is 16.6. The van der Waals surface area contributed by atoms with Crippen molar-refractivity contribution in [2.24, 2.45) is 0 Å². The fourth-order valence-electron chi connectivity index (χ4n) is 2.67. The van der Waals surface area contributed by atoms with E-state index in [0.29, 0.717) is 12.2 Å². The van der Waals surface area contributed by atoms with E-state index < -0.39 is 11.7 Å². The summed E-state index contributed by atoms with van der Waals surface area (Å²) in [6.45, 7) is 7.83. The molecule has 0 radical (unpaired) electrons. The lowest BCUT2D eigenvalue weighted by Crippen LogP contribution is -2.34. The van der Waals surface area contributed by atoms with E-state index in [1.807, 2.05) is 37.3 Å². The third kappa shape index (κ3) is 9.93. The smallest absolute Gasteiger partial charge is 0.407 e. The van der Waals surface area contributed by atoms with Crippen LogP contribution in [-0.4, -0.2) is 30.1 Å². The van der Waals surface area contributed by atoms with E-state index in [1.165, 1.54) is 6.08 Å². The third-order valence-corrected chi connectivity index (χ3v) is 4.20. The van der Waals surface area contributed by atoms with Gasteiger partial charge < -0.3 is 20.7 Å². The molecule has 0 saturated heterocycles. The lowest BCUT2D eigenvalue weighted by molar-refractivity contribution is -0.117. The van der Waals surface area contributed by atoms with Gasteiger partial charge in [0.2, 0.25) is 11.8 Å². The van der Waals surface area contributed by atoms with Crippen LogP contribution >= 0.6 is 0 Å². The second-order valence-corrected chi connectivity index (χ2v) is 8.39. The van der Waals surface area contributed by atoms with Crippen LogP contribution in [0.3, 0.4) is 0 Å². The largest absolute Gasteiger partial charge is 0.444 e. The number of aryl methyl sites for hydroxylation is 1. The molecule has 0 bridgehead atoms.